The van der Waals surface area contributed by atoms with Gasteiger partial charge in [-0.25, -0.2) is 9.48 Å². The van der Waals surface area contributed by atoms with E-state index in [1.807, 2.05) is 75.4 Å². The van der Waals surface area contributed by atoms with Crippen LogP contribution in [-0.4, -0.2) is 26.8 Å². The number of carbonyl (C=O) groups is 1. The number of benzene rings is 3. The fourth-order valence-corrected chi connectivity index (χ4v) is 5.98. The van der Waals surface area contributed by atoms with Crippen LogP contribution in [0.25, 0.3) is 0 Å². The molecule has 1 N–H and O–H groups in total. The van der Waals surface area contributed by atoms with Crippen molar-refractivity contribution in [3.63, 3.8) is 0 Å². The molecule has 7 nitrogen and oxygen atoms in total. The monoisotopic (exact) mass is 652 g/mol. The van der Waals surface area contributed by atoms with E-state index in [0.717, 1.165) is 21.2 Å². The zero-order chi connectivity index (χ0) is 29.1. The van der Waals surface area contributed by atoms with Gasteiger partial charge in [0, 0.05) is 26.5 Å². The Labute approximate surface area is 257 Å². The summed E-state index contributed by atoms with van der Waals surface area (Å²) in [5.41, 5.74) is 5.07. The zero-order valence-corrected chi connectivity index (χ0v) is 26.3. The van der Waals surface area contributed by atoms with Gasteiger partial charge in [-0.2, -0.15) is 4.98 Å². The molecule has 1 unspecified atom stereocenters. The number of nitrogens with one attached hydrogen (secondary N) is 1. The maximum Gasteiger partial charge on any atom is 0.338 e. The lowest BCUT2D eigenvalue weighted by molar-refractivity contribution is -0.143. The predicted octanol–water partition coefficient (Wildman–Crippen LogP) is 8.11. The molecule has 1 aliphatic rings. The number of allylic oxidation sites excluding steroid dienone is 1. The highest BCUT2D eigenvalue weighted by Gasteiger charge is 2.37. The Bertz CT molecular complexity index is 1600. The minimum atomic E-state index is -0.634. The number of aromatic nitrogens is 3. The average molecular weight is 654 g/mol. The smallest absolute Gasteiger partial charge is 0.338 e. The van der Waals surface area contributed by atoms with Gasteiger partial charge in [-0.1, -0.05) is 87.3 Å². The van der Waals surface area contributed by atoms with Crippen molar-refractivity contribution in [1.82, 2.24) is 14.8 Å². The Kier molecular flexibility index (Phi) is 9.06. The third-order valence-electron chi connectivity index (χ3n) is 6.49. The van der Waals surface area contributed by atoms with Crippen molar-refractivity contribution in [2.45, 2.75) is 57.4 Å². The molecule has 212 valence electrons. The van der Waals surface area contributed by atoms with E-state index in [0.29, 0.717) is 45.5 Å². The summed E-state index contributed by atoms with van der Waals surface area (Å²) in [5.74, 6) is 1.34. The van der Waals surface area contributed by atoms with Crippen molar-refractivity contribution in [2.75, 3.05) is 5.32 Å². The number of nitrogens with zero attached hydrogens (tertiary/aromatic N) is 3. The first-order chi connectivity index (χ1) is 19.7. The van der Waals surface area contributed by atoms with Crippen LogP contribution in [0.2, 0.25) is 5.02 Å². The maximum absolute atomic E-state index is 13.5. The number of rotatable bonds is 9. The molecule has 0 bridgehead atoms. The van der Waals surface area contributed by atoms with E-state index in [-0.39, 0.29) is 6.10 Å². The summed E-state index contributed by atoms with van der Waals surface area (Å²) in [4.78, 5) is 18.3. The summed E-state index contributed by atoms with van der Waals surface area (Å²) in [6.07, 6.45) is -0.290. The van der Waals surface area contributed by atoms with Crippen molar-refractivity contribution in [3.8, 4) is 5.75 Å². The summed E-state index contributed by atoms with van der Waals surface area (Å²) in [6.45, 7) is 7.94. The molecule has 4 aromatic rings. The van der Waals surface area contributed by atoms with Crippen LogP contribution in [0.3, 0.4) is 0 Å². The van der Waals surface area contributed by atoms with Crippen LogP contribution >= 0.6 is 39.3 Å². The third kappa shape index (κ3) is 6.80. The van der Waals surface area contributed by atoms with E-state index in [1.165, 1.54) is 17.3 Å². The molecule has 0 radical (unpaired) electrons. The van der Waals surface area contributed by atoms with Crippen LogP contribution in [0.1, 0.15) is 49.1 Å². The number of fused-ring (bicyclic) bond motifs is 1. The van der Waals surface area contributed by atoms with Crippen LogP contribution in [0.4, 0.5) is 5.95 Å². The van der Waals surface area contributed by atoms with E-state index < -0.39 is 12.0 Å². The first kappa shape index (κ1) is 29.2. The van der Waals surface area contributed by atoms with E-state index in [9.17, 15) is 4.79 Å². The summed E-state index contributed by atoms with van der Waals surface area (Å²) in [7, 11) is 0. The van der Waals surface area contributed by atoms with Gasteiger partial charge in [0.05, 0.1) is 11.7 Å². The lowest BCUT2D eigenvalue weighted by Crippen LogP contribution is -2.31. The fraction of sp³-hybridized carbons (Fsp3) is 0.258. The summed E-state index contributed by atoms with van der Waals surface area (Å²) in [5, 5.41) is 9.37. The maximum atomic E-state index is 13.5. The Balaban J connectivity index is 1.54. The molecule has 41 heavy (non-hydrogen) atoms. The van der Waals surface area contributed by atoms with Gasteiger partial charge in [0.25, 0.3) is 0 Å². The van der Waals surface area contributed by atoms with Gasteiger partial charge in [0.15, 0.2) is 0 Å². The zero-order valence-electron chi connectivity index (χ0n) is 23.2. The molecule has 0 spiro atoms. The minimum Gasteiger partial charge on any atom is -0.489 e. The molecule has 0 saturated heterocycles. The molecule has 0 amide bonds. The number of aryl methyl sites for hydroxylation is 1. The van der Waals surface area contributed by atoms with E-state index in [2.05, 4.69) is 40.3 Å². The molecule has 10 heteroatoms. The molecule has 0 aliphatic carbocycles. The molecule has 3 aromatic carbocycles. The van der Waals surface area contributed by atoms with E-state index in [1.54, 1.807) is 4.68 Å². The predicted molar refractivity (Wildman–Crippen MR) is 166 cm³/mol. The van der Waals surface area contributed by atoms with Crippen molar-refractivity contribution < 1.29 is 14.3 Å². The van der Waals surface area contributed by atoms with Crippen molar-refractivity contribution >= 4 is 51.2 Å². The van der Waals surface area contributed by atoms with E-state index >= 15 is 0 Å². The number of anilines is 1. The van der Waals surface area contributed by atoms with Gasteiger partial charge in [0.2, 0.25) is 11.1 Å². The highest BCUT2D eigenvalue weighted by Crippen LogP contribution is 2.42. The Morgan fingerprint density at radius 3 is 2.61 bits per heavy atom. The average Bonchev–Trinajstić information content (AvgIpc) is 3.34. The highest BCUT2D eigenvalue weighted by atomic mass is 79.9. The number of hydrogen-bond donors (Lipinski definition) is 1. The number of thioether (sulfide) groups is 1. The van der Waals surface area contributed by atoms with Crippen LogP contribution in [0.15, 0.2) is 87.6 Å². The Morgan fingerprint density at radius 1 is 1.12 bits per heavy atom. The van der Waals surface area contributed by atoms with Gasteiger partial charge in [-0.05, 0) is 63.1 Å². The number of ether oxygens (including phenoxy) is 2. The van der Waals surface area contributed by atoms with Crippen molar-refractivity contribution in [3.05, 3.63) is 110 Å². The SMILES string of the molecule is CC1=C(C(=O)OC(C)C)C(c2cc(Br)ccc2OCc2ccc(C)cc2)n2nc(SCc3ccccc3Cl)nc2N1. The molecular formula is C31H30BrClN4O3S. The van der Waals surface area contributed by atoms with Gasteiger partial charge in [0.1, 0.15) is 18.4 Å². The lowest BCUT2D eigenvalue weighted by atomic mass is 9.95. The molecule has 1 aromatic heterocycles. The Hall–Kier alpha value is -3.27. The minimum absolute atomic E-state index is 0.290. The molecular weight excluding hydrogens is 624 g/mol. The number of hydrogen-bond acceptors (Lipinski definition) is 7. The van der Waals surface area contributed by atoms with Gasteiger partial charge in [-0.3, -0.25) is 0 Å². The van der Waals surface area contributed by atoms with Crippen molar-refractivity contribution in [2.24, 2.45) is 0 Å². The molecule has 2 heterocycles. The molecule has 0 fully saturated rings. The molecule has 1 atom stereocenters. The number of carbonyl (C=O) groups excluding carboxylic acids is 1. The van der Waals surface area contributed by atoms with Gasteiger partial charge in [-0.15, -0.1) is 5.10 Å². The van der Waals surface area contributed by atoms with Crippen LogP contribution in [0.5, 0.6) is 5.75 Å². The molecule has 0 saturated carbocycles. The summed E-state index contributed by atoms with van der Waals surface area (Å²) < 4.78 is 14.6. The van der Waals surface area contributed by atoms with Crippen LogP contribution in [0, 0.1) is 6.92 Å². The van der Waals surface area contributed by atoms with Gasteiger partial charge >= 0.3 is 5.97 Å². The van der Waals surface area contributed by atoms with Crippen LogP contribution < -0.4 is 10.1 Å². The summed E-state index contributed by atoms with van der Waals surface area (Å²) >= 11 is 11.5. The quantitative estimate of drug-likeness (QED) is 0.144. The normalized spacial score (nSPS) is 14.6. The second-order valence-electron chi connectivity index (χ2n) is 10.0. The first-order valence-electron chi connectivity index (χ1n) is 13.2. The molecule has 5 rings (SSSR count). The topological polar surface area (TPSA) is 78.3 Å². The lowest BCUT2D eigenvalue weighted by Gasteiger charge is -2.29. The largest absolute Gasteiger partial charge is 0.489 e. The van der Waals surface area contributed by atoms with Crippen LogP contribution in [-0.2, 0) is 21.9 Å². The van der Waals surface area contributed by atoms with Gasteiger partial charge < -0.3 is 14.8 Å². The fourth-order valence-electron chi connectivity index (χ4n) is 4.49. The first-order valence-corrected chi connectivity index (χ1v) is 15.3. The highest BCUT2D eigenvalue weighted by molar-refractivity contribution is 9.10. The Morgan fingerprint density at radius 2 is 1.88 bits per heavy atom. The number of esters is 1. The third-order valence-corrected chi connectivity index (χ3v) is 8.24. The summed E-state index contributed by atoms with van der Waals surface area (Å²) in [6, 6.07) is 21.1. The van der Waals surface area contributed by atoms with Crippen molar-refractivity contribution in [1.29, 1.82) is 0 Å². The standard InChI is InChI=1S/C31H30BrClN4O3S/c1-18(2)40-29(38)27-20(4)34-30-35-31(41-17-22-7-5-6-8-25(22)33)36-37(30)28(27)24-15-23(32)13-14-26(24)39-16-21-11-9-19(3)10-12-21/h5-15,18,28H,16-17H2,1-4H3,(H,34,35,36). The second kappa shape index (κ2) is 12.7. The van der Waals surface area contributed by atoms with E-state index in [4.69, 9.17) is 31.2 Å². The molecule has 1 aliphatic heterocycles. The number of halogens is 2. The second-order valence-corrected chi connectivity index (χ2v) is 12.3.